The van der Waals surface area contributed by atoms with Crippen LogP contribution in [0.5, 0.6) is 0 Å². The highest BCUT2D eigenvalue weighted by Gasteiger charge is 2.26. The molecule has 1 N–H and O–H groups in total. The van der Waals surface area contributed by atoms with Crippen LogP contribution >= 0.6 is 0 Å². The standard InChI is InChI=1S/C25H30N6O2/c1-17-8-9-22(14-18(17)2)31-16-23(27-28-31)25(33)30-12-10-20(11-13-30)26-24(32)19-6-5-7-21(15-19)29(3)4/h5-9,14-16,20H,10-13H2,1-4H3,(H,26,32). The molecule has 0 saturated carbocycles. The number of aryl methyl sites for hydroxylation is 2. The van der Waals surface area contributed by atoms with E-state index in [0.29, 0.717) is 37.2 Å². The van der Waals surface area contributed by atoms with Crippen LogP contribution in [0, 0.1) is 13.8 Å². The average Bonchev–Trinajstić information content (AvgIpc) is 3.31. The van der Waals surface area contributed by atoms with E-state index in [-0.39, 0.29) is 17.9 Å². The van der Waals surface area contributed by atoms with Crippen LogP contribution in [0.4, 0.5) is 5.69 Å². The molecule has 2 amide bonds. The number of carbonyl (C=O) groups excluding carboxylic acids is 2. The number of likely N-dealkylation sites (tertiary alicyclic amines) is 1. The Morgan fingerprint density at radius 2 is 1.79 bits per heavy atom. The number of amides is 2. The Labute approximate surface area is 194 Å². The Hall–Kier alpha value is -3.68. The first-order chi connectivity index (χ1) is 15.8. The van der Waals surface area contributed by atoms with E-state index in [1.807, 2.05) is 68.4 Å². The maximum atomic E-state index is 12.9. The van der Waals surface area contributed by atoms with Gasteiger partial charge in [0.1, 0.15) is 0 Å². The molecule has 172 valence electrons. The molecule has 0 unspecified atom stereocenters. The molecule has 0 radical (unpaired) electrons. The maximum absolute atomic E-state index is 12.9. The molecule has 0 atom stereocenters. The minimum atomic E-state index is -0.131. The largest absolute Gasteiger partial charge is 0.378 e. The van der Waals surface area contributed by atoms with Gasteiger partial charge in [-0.3, -0.25) is 9.59 Å². The summed E-state index contributed by atoms with van der Waals surface area (Å²) in [5.41, 5.74) is 5.20. The van der Waals surface area contributed by atoms with E-state index in [1.165, 1.54) is 5.56 Å². The summed E-state index contributed by atoms with van der Waals surface area (Å²) in [7, 11) is 3.90. The zero-order valence-electron chi connectivity index (χ0n) is 19.6. The van der Waals surface area contributed by atoms with Crippen LogP contribution in [0.25, 0.3) is 5.69 Å². The number of nitrogens with one attached hydrogen (secondary N) is 1. The fraction of sp³-hybridized carbons (Fsp3) is 0.360. The molecule has 8 heteroatoms. The van der Waals surface area contributed by atoms with Gasteiger partial charge in [-0.05, 0) is 68.1 Å². The van der Waals surface area contributed by atoms with E-state index >= 15 is 0 Å². The van der Waals surface area contributed by atoms with Crippen LogP contribution in [0.2, 0.25) is 0 Å². The summed E-state index contributed by atoms with van der Waals surface area (Å²) in [4.78, 5) is 29.4. The number of aromatic nitrogens is 3. The van der Waals surface area contributed by atoms with Crippen LogP contribution in [0.15, 0.2) is 48.7 Å². The molecule has 1 aliphatic rings. The summed E-state index contributed by atoms with van der Waals surface area (Å²) in [6.07, 6.45) is 3.09. The normalized spacial score (nSPS) is 14.2. The van der Waals surface area contributed by atoms with E-state index in [0.717, 1.165) is 16.9 Å². The van der Waals surface area contributed by atoms with Crippen molar-refractivity contribution < 1.29 is 9.59 Å². The average molecular weight is 447 g/mol. The molecule has 8 nitrogen and oxygen atoms in total. The van der Waals surface area contributed by atoms with Gasteiger partial charge in [-0.1, -0.05) is 17.3 Å². The van der Waals surface area contributed by atoms with Gasteiger partial charge in [0, 0.05) is 44.5 Å². The third-order valence-electron chi connectivity index (χ3n) is 6.21. The van der Waals surface area contributed by atoms with Crippen LogP contribution < -0.4 is 10.2 Å². The van der Waals surface area contributed by atoms with Gasteiger partial charge in [0.05, 0.1) is 11.9 Å². The number of benzene rings is 2. The monoisotopic (exact) mass is 446 g/mol. The molecular weight excluding hydrogens is 416 g/mol. The van der Waals surface area contributed by atoms with Crippen molar-refractivity contribution >= 4 is 17.5 Å². The van der Waals surface area contributed by atoms with Gasteiger partial charge in [0.25, 0.3) is 11.8 Å². The number of hydrogen-bond acceptors (Lipinski definition) is 5. The SMILES string of the molecule is Cc1ccc(-n2cc(C(=O)N3CCC(NC(=O)c4cccc(N(C)C)c4)CC3)nn2)cc1C. The van der Waals surface area contributed by atoms with Crippen molar-refractivity contribution in [2.75, 3.05) is 32.1 Å². The molecule has 1 aliphatic heterocycles. The molecule has 0 spiro atoms. The molecule has 2 aromatic carbocycles. The molecular formula is C25H30N6O2. The van der Waals surface area contributed by atoms with Gasteiger partial charge >= 0.3 is 0 Å². The predicted molar refractivity (Wildman–Crippen MR) is 128 cm³/mol. The van der Waals surface area contributed by atoms with Gasteiger partial charge in [-0.15, -0.1) is 5.10 Å². The lowest BCUT2D eigenvalue weighted by Crippen LogP contribution is -2.46. The maximum Gasteiger partial charge on any atom is 0.276 e. The van der Waals surface area contributed by atoms with E-state index in [4.69, 9.17) is 0 Å². The molecule has 3 aromatic rings. The first-order valence-electron chi connectivity index (χ1n) is 11.2. The Kier molecular flexibility index (Phi) is 6.44. The fourth-order valence-electron chi connectivity index (χ4n) is 3.94. The summed E-state index contributed by atoms with van der Waals surface area (Å²) >= 11 is 0. The van der Waals surface area contributed by atoms with E-state index in [1.54, 1.807) is 15.8 Å². The summed E-state index contributed by atoms with van der Waals surface area (Å²) in [5.74, 6) is -0.214. The second kappa shape index (κ2) is 9.44. The van der Waals surface area contributed by atoms with Gasteiger partial charge in [-0.25, -0.2) is 4.68 Å². The van der Waals surface area contributed by atoms with Gasteiger partial charge < -0.3 is 15.1 Å². The molecule has 2 heterocycles. The summed E-state index contributed by atoms with van der Waals surface area (Å²) in [5, 5.41) is 11.3. The number of anilines is 1. The smallest absolute Gasteiger partial charge is 0.276 e. The number of piperidine rings is 1. The first-order valence-corrected chi connectivity index (χ1v) is 11.2. The molecule has 1 saturated heterocycles. The lowest BCUT2D eigenvalue weighted by molar-refractivity contribution is 0.0692. The third-order valence-corrected chi connectivity index (χ3v) is 6.21. The molecule has 0 bridgehead atoms. The van der Waals surface area contributed by atoms with Crippen LogP contribution in [-0.4, -0.2) is 64.9 Å². The second-order valence-corrected chi connectivity index (χ2v) is 8.80. The Morgan fingerprint density at radius 3 is 2.48 bits per heavy atom. The van der Waals surface area contributed by atoms with Gasteiger partial charge in [-0.2, -0.15) is 0 Å². The highest BCUT2D eigenvalue weighted by Crippen LogP contribution is 2.18. The molecule has 1 fully saturated rings. The number of nitrogens with zero attached hydrogens (tertiary/aromatic N) is 5. The predicted octanol–water partition coefficient (Wildman–Crippen LogP) is 2.98. The fourth-order valence-corrected chi connectivity index (χ4v) is 3.94. The third kappa shape index (κ3) is 5.05. The lowest BCUT2D eigenvalue weighted by atomic mass is 10.0. The van der Waals surface area contributed by atoms with Crippen molar-refractivity contribution in [2.24, 2.45) is 0 Å². The summed E-state index contributed by atoms with van der Waals surface area (Å²) in [6, 6.07) is 13.6. The Morgan fingerprint density at radius 1 is 1.03 bits per heavy atom. The van der Waals surface area contributed by atoms with E-state index in [2.05, 4.69) is 22.6 Å². The van der Waals surface area contributed by atoms with Gasteiger partial charge in [0.2, 0.25) is 0 Å². The zero-order chi connectivity index (χ0) is 23.5. The topological polar surface area (TPSA) is 83.4 Å². The molecule has 4 rings (SSSR count). The highest BCUT2D eigenvalue weighted by atomic mass is 16.2. The van der Waals surface area contributed by atoms with Crippen molar-refractivity contribution in [3.8, 4) is 5.69 Å². The molecule has 33 heavy (non-hydrogen) atoms. The summed E-state index contributed by atoms with van der Waals surface area (Å²) < 4.78 is 1.63. The highest BCUT2D eigenvalue weighted by molar-refractivity contribution is 5.95. The van der Waals surface area contributed by atoms with Crippen LogP contribution in [0.1, 0.15) is 44.8 Å². The minimum absolute atomic E-state index is 0.0378. The van der Waals surface area contributed by atoms with E-state index < -0.39 is 0 Å². The Bertz CT molecular complexity index is 1160. The number of hydrogen-bond donors (Lipinski definition) is 1. The van der Waals surface area contributed by atoms with Gasteiger partial charge in [0.15, 0.2) is 5.69 Å². The number of rotatable bonds is 5. The first kappa shape index (κ1) is 22.5. The number of carbonyl (C=O) groups is 2. The van der Waals surface area contributed by atoms with E-state index in [9.17, 15) is 9.59 Å². The molecule has 0 aliphatic carbocycles. The quantitative estimate of drug-likeness (QED) is 0.652. The van der Waals surface area contributed by atoms with Crippen molar-refractivity contribution in [3.63, 3.8) is 0 Å². The Balaban J connectivity index is 1.34. The molecule has 1 aromatic heterocycles. The zero-order valence-corrected chi connectivity index (χ0v) is 19.6. The van der Waals surface area contributed by atoms with Crippen molar-refractivity contribution in [2.45, 2.75) is 32.7 Å². The van der Waals surface area contributed by atoms with Crippen LogP contribution in [-0.2, 0) is 0 Å². The van der Waals surface area contributed by atoms with Crippen molar-refractivity contribution in [1.82, 2.24) is 25.2 Å². The van der Waals surface area contributed by atoms with Crippen molar-refractivity contribution in [1.29, 1.82) is 0 Å². The van der Waals surface area contributed by atoms with Crippen molar-refractivity contribution in [3.05, 3.63) is 71.0 Å². The summed E-state index contributed by atoms with van der Waals surface area (Å²) in [6.45, 7) is 5.24. The minimum Gasteiger partial charge on any atom is -0.378 e. The second-order valence-electron chi connectivity index (χ2n) is 8.80. The van der Waals surface area contributed by atoms with Crippen LogP contribution in [0.3, 0.4) is 0 Å². The lowest BCUT2D eigenvalue weighted by Gasteiger charge is -2.32.